The molecule has 0 aliphatic carbocycles. The largest absolute Gasteiger partial charge is 0.323 e. The summed E-state index contributed by atoms with van der Waals surface area (Å²) in [6.07, 6.45) is 9.14. The van der Waals surface area contributed by atoms with E-state index >= 15 is 0 Å². The lowest BCUT2D eigenvalue weighted by Gasteiger charge is -2.15. The lowest BCUT2D eigenvalue weighted by molar-refractivity contribution is 0.631. The normalized spacial score (nSPS) is 11.0. The summed E-state index contributed by atoms with van der Waals surface area (Å²) in [5.74, 6) is 0. The Kier molecular flexibility index (Phi) is 6.18. The van der Waals surface area contributed by atoms with Crippen molar-refractivity contribution in [3.05, 3.63) is 34.6 Å². The Balaban J connectivity index is 2.14. The van der Waals surface area contributed by atoms with Crippen molar-refractivity contribution in [3.63, 3.8) is 0 Å². The summed E-state index contributed by atoms with van der Waals surface area (Å²) in [7, 11) is 0. The van der Waals surface area contributed by atoms with Gasteiger partial charge < -0.3 is 5.43 Å². The molecule has 2 aromatic rings. The molecule has 0 aliphatic heterocycles. The van der Waals surface area contributed by atoms with E-state index in [4.69, 9.17) is 12.2 Å². The summed E-state index contributed by atoms with van der Waals surface area (Å²) in [5, 5.41) is 1.14. The van der Waals surface area contributed by atoms with Crippen LogP contribution in [0.25, 0.3) is 11.0 Å². The molecule has 2 heterocycles. The minimum Gasteiger partial charge on any atom is -0.323 e. The molecular formula is C17H25N3S. The summed E-state index contributed by atoms with van der Waals surface area (Å²) < 4.78 is 2.85. The molecule has 0 bridgehead atoms. The van der Waals surface area contributed by atoms with Gasteiger partial charge in [0.15, 0.2) is 5.65 Å². The van der Waals surface area contributed by atoms with Gasteiger partial charge in [-0.25, -0.2) is 9.66 Å². The summed E-state index contributed by atoms with van der Waals surface area (Å²) in [5.41, 5.74) is 5.58. The number of aromatic nitrogens is 2. The van der Waals surface area contributed by atoms with Crippen LogP contribution < -0.4 is 5.43 Å². The highest BCUT2D eigenvalue weighted by molar-refractivity contribution is 7.71. The molecule has 4 heteroatoms. The maximum Gasteiger partial charge on any atom is 0.159 e. The maximum atomic E-state index is 5.60. The van der Waals surface area contributed by atoms with Gasteiger partial charge in [0.25, 0.3) is 0 Å². The zero-order valence-electron chi connectivity index (χ0n) is 13.1. The van der Waals surface area contributed by atoms with Gasteiger partial charge in [-0.2, -0.15) is 0 Å². The van der Waals surface area contributed by atoms with Crippen LogP contribution in [-0.4, -0.2) is 16.2 Å². The van der Waals surface area contributed by atoms with Crippen LogP contribution in [0, 0.1) is 4.64 Å². The van der Waals surface area contributed by atoms with E-state index in [0.29, 0.717) is 0 Å². The van der Waals surface area contributed by atoms with Crippen molar-refractivity contribution in [2.24, 2.45) is 0 Å². The van der Waals surface area contributed by atoms with Gasteiger partial charge in [0, 0.05) is 18.1 Å². The Morgan fingerprint density at radius 3 is 2.76 bits per heavy atom. The summed E-state index contributed by atoms with van der Waals surface area (Å²) in [4.78, 5) is 4.48. The SMILES string of the molecule is CCCCCCCNn1c(=S)c(CC)cc2cccnc21. The minimum absolute atomic E-state index is 0.859. The van der Waals surface area contributed by atoms with Crippen LogP contribution in [0.4, 0.5) is 0 Å². The van der Waals surface area contributed by atoms with Crippen molar-refractivity contribution >= 4 is 23.3 Å². The van der Waals surface area contributed by atoms with E-state index in [0.717, 1.165) is 28.6 Å². The molecule has 2 rings (SSSR count). The van der Waals surface area contributed by atoms with Crippen molar-refractivity contribution in [3.8, 4) is 0 Å². The standard InChI is InChI=1S/C17H25N3S/c1-3-5-6-7-8-12-19-20-16-15(10-9-11-18-16)13-14(4-2)17(20)21/h9-11,13,19H,3-8,12H2,1-2H3. The fraction of sp³-hybridized carbons (Fsp3) is 0.529. The molecule has 0 unspecified atom stereocenters. The van der Waals surface area contributed by atoms with E-state index in [2.05, 4.69) is 36.4 Å². The molecule has 0 radical (unpaired) electrons. The Morgan fingerprint density at radius 2 is 2.00 bits per heavy atom. The first-order valence-corrected chi connectivity index (χ1v) is 8.42. The maximum absolute atomic E-state index is 5.60. The molecule has 0 amide bonds. The molecule has 114 valence electrons. The molecule has 3 nitrogen and oxygen atoms in total. The summed E-state index contributed by atoms with van der Waals surface area (Å²) in [6, 6.07) is 6.22. The Labute approximate surface area is 132 Å². The first-order valence-electron chi connectivity index (χ1n) is 8.01. The number of hydrogen-bond donors (Lipinski definition) is 1. The van der Waals surface area contributed by atoms with Gasteiger partial charge in [-0.1, -0.05) is 51.7 Å². The van der Waals surface area contributed by atoms with E-state index in [1.165, 1.54) is 37.7 Å². The number of fused-ring (bicyclic) bond motifs is 1. The molecule has 0 aliphatic rings. The van der Waals surface area contributed by atoms with E-state index in [9.17, 15) is 0 Å². The molecule has 0 aromatic carbocycles. The van der Waals surface area contributed by atoms with Crippen LogP contribution in [-0.2, 0) is 6.42 Å². The molecule has 0 fully saturated rings. The van der Waals surface area contributed by atoms with Gasteiger partial charge >= 0.3 is 0 Å². The highest BCUT2D eigenvalue weighted by atomic mass is 32.1. The highest BCUT2D eigenvalue weighted by Gasteiger charge is 2.05. The van der Waals surface area contributed by atoms with Crippen molar-refractivity contribution in [2.45, 2.75) is 52.4 Å². The third kappa shape index (κ3) is 4.03. The highest BCUT2D eigenvalue weighted by Crippen LogP contribution is 2.15. The van der Waals surface area contributed by atoms with Gasteiger partial charge in [-0.15, -0.1) is 0 Å². The number of aryl methyl sites for hydroxylation is 1. The van der Waals surface area contributed by atoms with Crippen LogP contribution in [0.15, 0.2) is 24.4 Å². The number of pyridine rings is 2. The van der Waals surface area contributed by atoms with Gasteiger partial charge in [-0.3, -0.25) is 0 Å². The average molecular weight is 303 g/mol. The van der Waals surface area contributed by atoms with Crippen molar-refractivity contribution < 1.29 is 0 Å². The number of unbranched alkanes of at least 4 members (excludes halogenated alkanes) is 4. The molecule has 0 atom stereocenters. The van der Waals surface area contributed by atoms with Crippen molar-refractivity contribution in [1.82, 2.24) is 9.66 Å². The van der Waals surface area contributed by atoms with Gasteiger partial charge in [0.2, 0.25) is 0 Å². The zero-order chi connectivity index (χ0) is 15.1. The molecule has 21 heavy (non-hydrogen) atoms. The fourth-order valence-electron chi connectivity index (χ4n) is 2.52. The van der Waals surface area contributed by atoms with E-state index in [-0.39, 0.29) is 0 Å². The first-order chi connectivity index (χ1) is 10.3. The predicted molar refractivity (Wildman–Crippen MR) is 92.9 cm³/mol. The number of rotatable bonds is 8. The lowest BCUT2D eigenvalue weighted by atomic mass is 10.1. The molecule has 1 N–H and O–H groups in total. The summed E-state index contributed by atoms with van der Waals surface area (Å²) in [6.45, 7) is 5.32. The van der Waals surface area contributed by atoms with Crippen LogP contribution >= 0.6 is 12.2 Å². The van der Waals surface area contributed by atoms with Crippen molar-refractivity contribution in [2.75, 3.05) is 12.0 Å². The fourth-order valence-corrected chi connectivity index (χ4v) is 2.87. The Hall–Kier alpha value is -1.42. The average Bonchev–Trinajstić information content (AvgIpc) is 2.52. The van der Waals surface area contributed by atoms with Gasteiger partial charge in [-0.05, 0) is 36.6 Å². The monoisotopic (exact) mass is 303 g/mol. The van der Waals surface area contributed by atoms with E-state index < -0.39 is 0 Å². The minimum atomic E-state index is 0.859. The van der Waals surface area contributed by atoms with Crippen LogP contribution in [0.5, 0.6) is 0 Å². The topological polar surface area (TPSA) is 29.9 Å². The van der Waals surface area contributed by atoms with Crippen LogP contribution in [0.3, 0.4) is 0 Å². The lowest BCUT2D eigenvalue weighted by Crippen LogP contribution is -2.19. The van der Waals surface area contributed by atoms with Crippen LogP contribution in [0.1, 0.15) is 51.5 Å². The first kappa shape index (κ1) is 16.0. The number of nitrogens with one attached hydrogen (secondary N) is 1. The Bertz CT molecular complexity index is 633. The number of hydrogen-bond acceptors (Lipinski definition) is 3. The zero-order valence-corrected chi connectivity index (χ0v) is 13.9. The second-order valence-corrected chi connectivity index (χ2v) is 5.79. The molecular weight excluding hydrogens is 278 g/mol. The third-order valence-corrected chi connectivity index (χ3v) is 4.21. The molecule has 0 spiro atoms. The van der Waals surface area contributed by atoms with Gasteiger partial charge in [0.1, 0.15) is 4.64 Å². The van der Waals surface area contributed by atoms with Gasteiger partial charge in [0.05, 0.1) is 0 Å². The van der Waals surface area contributed by atoms with E-state index in [1.807, 2.05) is 16.9 Å². The van der Waals surface area contributed by atoms with Crippen molar-refractivity contribution in [1.29, 1.82) is 0 Å². The predicted octanol–water partition coefficient (Wildman–Crippen LogP) is 4.84. The van der Waals surface area contributed by atoms with E-state index in [1.54, 1.807) is 0 Å². The number of nitrogens with zero attached hydrogens (tertiary/aromatic N) is 2. The second kappa shape index (κ2) is 8.13. The third-order valence-electron chi connectivity index (χ3n) is 3.77. The molecule has 0 saturated carbocycles. The smallest absolute Gasteiger partial charge is 0.159 e. The molecule has 0 saturated heterocycles. The summed E-state index contributed by atoms with van der Waals surface area (Å²) >= 11 is 5.60. The van der Waals surface area contributed by atoms with Crippen LogP contribution in [0.2, 0.25) is 0 Å². The quantitative estimate of drug-likeness (QED) is 0.559. The Morgan fingerprint density at radius 1 is 1.19 bits per heavy atom. The second-order valence-electron chi connectivity index (χ2n) is 5.40. The molecule has 2 aromatic heterocycles.